The number of nitro groups is 1. The average molecular weight is 653 g/mol. The quantitative estimate of drug-likeness (QED) is 0.152. The lowest BCUT2D eigenvalue weighted by Crippen LogP contribution is -2.40. The molecule has 0 saturated heterocycles. The van der Waals surface area contributed by atoms with Crippen molar-refractivity contribution in [1.29, 1.82) is 0 Å². The second-order valence-corrected chi connectivity index (χ2v) is 11.0. The molecule has 0 N–H and O–H groups in total. The van der Waals surface area contributed by atoms with E-state index in [1.807, 2.05) is 18.7 Å². The van der Waals surface area contributed by atoms with Crippen LogP contribution in [-0.2, 0) is 19.1 Å². The first-order valence-electron chi connectivity index (χ1n) is 14.8. The molecule has 1 aliphatic rings. The summed E-state index contributed by atoms with van der Waals surface area (Å²) in [4.78, 5) is 57.4. The number of hydrogen-bond acceptors (Lipinski definition) is 12. The van der Waals surface area contributed by atoms with Gasteiger partial charge in [-0.05, 0) is 64.5 Å². The SMILES string of the molecule is CCOC(=O)C1=C(C)N=c2s/c(=C\c3cc([N+](=O)[O-])ccc3N(CC)CC)c(=O)n2[C@H]1c1ccc(OCC(=O)OC)c(OCC)c1. The molecule has 2 aromatic carbocycles. The first-order valence-corrected chi connectivity index (χ1v) is 15.6. The number of aromatic nitrogens is 1. The van der Waals surface area contributed by atoms with Crippen molar-refractivity contribution in [2.45, 2.75) is 40.7 Å². The normalized spacial score (nSPS) is 14.3. The van der Waals surface area contributed by atoms with E-state index in [4.69, 9.17) is 14.2 Å². The molecule has 4 rings (SSSR count). The van der Waals surface area contributed by atoms with Gasteiger partial charge in [-0.1, -0.05) is 17.4 Å². The highest BCUT2D eigenvalue weighted by Crippen LogP contribution is 2.36. The summed E-state index contributed by atoms with van der Waals surface area (Å²) < 4.78 is 23.2. The molecule has 14 heteroatoms. The van der Waals surface area contributed by atoms with Gasteiger partial charge in [0.25, 0.3) is 11.2 Å². The molecule has 0 radical (unpaired) electrons. The first kappa shape index (κ1) is 33.9. The van der Waals surface area contributed by atoms with E-state index in [0.29, 0.717) is 40.5 Å². The van der Waals surface area contributed by atoms with Crippen molar-refractivity contribution in [3.63, 3.8) is 0 Å². The number of non-ortho nitro benzene ring substituents is 1. The standard InChI is InChI=1S/C32H36N4O9S/c1-7-34(8-2)23-13-12-22(36(40)41)15-21(23)17-26-30(38)35-29(28(31(39)44-10-4)19(5)33-32(35)46-26)20-11-14-24(25(16-20)43-9-3)45-18-27(37)42-6/h11-17,29H,7-10,18H2,1-6H3/b26-17-/t29-/m0/s1. The lowest BCUT2D eigenvalue weighted by atomic mass is 9.95. The molecule has 0 aliphatic carbocycles. The third-order valence-electron chi connectivity index (χ3n) is 7.29. The molecule has 244 valence electrons. The topological polar surface area (TPSA) is 152 Å². The fourth-order valence-electron chi connectivity index (χ4n) is 5.15. The maximum Gasteiger partial charge on any atom is 0.343 e. The van der Waals surface area contributed by atoms with E-state index in [2.05, 4.69) is 9.73 Å². The zero-order valence-corrected chi connectivity index (χ0v) is 27.3. The Morgan fingerprint density at radius 2 is 1.80 bits per heavy atom. The molecule has 1 aliphatic heterocycles. The maximum absolute atomic E-state index is 14.2. The number of esters is 2. The highest BCUT2D eigenvalue weighted by atomic mass is 32.1. The van der Waals surface area contributed by atoms with Crippen LogP contribution >= 0.6 is 11.3 Å². The number of allylic oxidation sites excluding steroid dienone is 1. The van der Waals surface area contributed by atoms with E-state index in [1.54, 1.807) is 51.1 Å². The number of rotatable bonds is 13. The number of benzene rings is 2. The van der Waals surface area contributed by atoms with Gasteiger partial charge in [-0.3, -0.25) is 19.5 Å². The van der Waals surface area contributed by atoms with Crippen molar-refractivity contribution in [3.8, 4) is 11.5 Å². The number of ether oxygens (including phenoxy) is 4. The molecular weight excluding hydrogens is 616 g/mol. The first-order chi connectivity index (χ1) is 22.1. The number of nitrogens with zero attached hydrogens (tertiary/aromatic N) is 4. The number of fused-ring (bicyclic) bond motifs is 1. The molecule has 0 saturated carbocycles. The molecule has 13 nitrogen and oxygen atoms in total. The Kier molecular flexibility index (Phi) is 11.0. The number of carbonyl (C=O) groups is 2. The lowest BCUT2D eigenvalue weighted by molar-refractivity contribution is -0.384. The molecular formula is C32H36N4O9S. The van der Waals surface area contributed by atoms with Crippen LogP contribution in [0, 0.1) is 10.1 Å². The number of hydrogen-bond donors (Lipinski definition) is 0. The summed E-state index contributed by atoms with van der Waals surface area (Å²) in [6, 6.07) is 8.54. The predicted molar refractivity (Wildman–Crippen MR) is 172 cm³/mol. The Hall–Kier alpha value is -4.98. The third-order valence-corrected chi connectivity index (χ3v) is 8.27. The third kappa shape index (κ3) is 6.96. The fourth-order valence-corrected chi connectivity index (χ4v) is 6.19. The Labute approximate surface area is 269 Å². The van der Waals surface area contributed by atoms with Crippen LogP contribution in [0.3, 0.4) is 0 Å². The van der Waals surface area contributed by atoms with Crippen molar-refractivity contribution in [2.24, 2.45) is 4.99 Å². The molecule has 0 amide bonds. The van der Waals surface area contributed by atoms with Crippen LogP contribution in [0.2, 0.25) is 0 Å². The second kappa shape index (κ2) is 14.9. The summed E-state index contributed by atoms with van der Waals surface area (Å²) in [6.07, 6.45) is 1.63. The zero-order chi connectivity index (χ0) is 33.5. The van der Waals surface area contributed by atoms with E-state index in [9.17, 15) is 24.5 Å². The number of nitro benzene ring substituents is 1. The van der Waals surface area contributed by atoms with Crippen LogP contribution in [0.15, 0.2) is 57.5 Å². The number of thiazole rings is 1. The molecule has 0 spiro atoms. The minimum absolute atomic E-state index is 0.105. The van der Waals surface area contributed by atoms with Gasteiger partial charge in [-0.25, -0.2) is 14.6 Å². The van der Waals surface area contributed by atoms with Crippen LogP contribution in [0.4, 0.5) is 11.4 Å². The smallest absolute Gasteiger partial charge is 0.343 e. The van der Waals surface area contributed by atoms with Gasteiger partial charge in [0.15, 0.2) is 22.9 Å². The fraction of sp³-hybridized carbons (Fsp3) is 0.375. The van der Waals surface area contributed by atoms with Gasteiger partial charge in [0.1, 0.15) is 0 Å². The molecule has 0 bridgehead atoms. The van der Waals surface area contributed by atoms with Crippen molar-refractivity contribution in [3.05, 3.63) is 88.6 Å². The van der Waals surface area contributed by atoms with Gasteiger partial charge in [0.05, 0.1) is 47.1 Å². The Morgan fingerprint density at radius 3 is 2.43 bits per heavy atom. The van der Waals surface area contributed by atoms with E-state index in [-0.39, 0.29) is 41.4 Å². The molecule has 2 heterocycles. The van der Waals surface area contributed by atoms with Gasteiger partial charge >= 0.3 is 11.9 Å². The van der Waals surface area contributed by atoms with Gasteiger partial charge in [0.2, 0.25) is 0 Å². The van der Waals surface area contributed by atoms with E-state index in [0.717, 1.165) is 17.0 Å². The largest absolute Gasteiger partial charge is 0.490 e. The highest BCUT2D eigenvalue weighted by molar-refractivity contribution is 7.07. The van der Waals surface area contributed by atoms with Crippen LogP contribution in [0.25, 0.3) is 6.08 Å². The van der Waals surface area contributed by atoms with E-state index >= 15 is 0 Å². The van der Waals surface area contributed by atoms with Crippen LogP contribution in [0.1, 0.15) is 51.8 Å². The van der Waals surface area contributed by atoms with E-state index in [1.165, 1.54) is 23.8 Å². The lowest BCUT2D eigenvalue weighted by Gasteiger charge is -2.25. The van der Waals surface area contributed by atoms with Crippen molar-refractivity contribution in [2.75, 3.05) is 44.9 Å². The molecule has 46 heavy (non-hydrogen) atoms. The molecule has 1 atom stereocenters. The summed E-state index contributed by atoms with van der Waals surface area (Å²) >= 11 is 1.11. The van der Waals surface area contributed by atoms with Gasteiger partial charge in [-0.15, -0.1) is 0 Å². The zero-order valence-electron chi connectivity index (χ0n) is 26.5. The minimum atomic E-state index is -0.946. The number of anilines is 1. The average Bonchev–Trinajstić information content (AvgIpc) is 3.34. The predicted octanol–water partition coefficient (Wildman–Crippen LogP) is 3.50. The summed E-state index contributed by atoms with van der Waals surface area (Å²) in [5.41, 5.74) is 1.76. The van der Waals surface area contributed by atoms with Crippen molar-refractivity contribution in [1.82, 2.24) is 4.57 Å². The van der Waals surface area contributed by atoms with Crippen LogP contribution in [-0.4, -0.2) is 61.4 Å². The number of methoxy groups -OCH3 is 1. The Morgan fingerprint density at radius 1 is 1.07 bits per heavy atom. The van der Waals surface area contributed by atoms with E-state index < -0.39 is 28.5 Å². The van der Waals surface area contributed by atoms with Gasteiger partial charge < -0.3 is 23.8 Å². The summed E-state index contributed by atoms with van der Waals surface area (Å²) in [5.74, 6) is -0.634. The summed E-state index contributed by atoms with van der Waals surface area (Å²) in [5, 5.41) is 11.6. The van der Waals surface area contributed by atoms with Crippen LogP contribution < -0.4 is 29.3 Å². The molecule has 3 aromatic rings. The molecule has 0 fully saturated rings. The monoisotopic (exact) mass is 652 g/mol. The second-order valence-electron chi connectivity index (χ2n) is 9.98. The van der Waals surface area contributed by atoms with Crippen molar-refractivity contribution < 1.29 is 33.5 Å². The number of carbonyl (C=O) groups excluding carboxylic acids is 2. The maximum atomic E-state index is 14.2. The van der Waals surface area contributed by atoms with Gasteiger partial charge in [-0.2, -0.15) is 0 Å². The van der Waals surface area contributed by atoms with Gasteiger partial charge in [0, 0.05) is 36.5 Å². The summed E-state index contributed by atoms with van der Waals surface area (Å²) in [7, 11) is 1.25. The minimum Gasteiger partial charge on any atom is -0.490 e. The summed E-state index contributed by atoms with van der Waals surface area (Å²) in [6.45, 7) is 10.4. The molecule has 1 aromatic heterocycles. The van der Waals surface area contributed by atoms with Crippen LogP contribution in [0.5, 0.6) is 11.5 Å². The molecule has 0 unspecified atom stereocenters. The highest BCUT2D eigenvalue weighted by Gasteiger charge is 2.34. The Bertz CT molecular complexity index is 1860. The Balaban J connectivity index is 1.96. The van der Waals surface area contributed by atoms with Crippen molar-refractivity contribution >= 4 is 40.7 Å².